The Kier molecular flexibility index (Phi) is 4.76. The molecule has 1 saturated carbocycles. The Bertz CT molecular complexity index is 484. The Balaban J connectivity index is 1.82. The maximum absolute atomic E-state index is 12.1. The molecule has 0 radical (unpaired) electrons. The highest BCUT2D eigenvalue weighted by Gasteiger charge is 2.35. The lowest BCUT2D eigenvalue weighted by Crippen LogP contribution is -2.40. The van der Waals surface area contributed by atoms with Gasteiger partial charge in [-0.05, 0) is 25.3 Å². The maximum atomic E-state index is 12.1. The van der Waals surface area contributed by atoms with Gasteiger partial charge in [0.25, 0.3) is 0 Å². The number of hydrogen-bond donors (Lipinski definition) is 2. The first kappa shape index (κ1) is 14.6. The van der Waals surface area contributed by atoms with Gasteiger partial charge in [0.2, 0.25) is 5.91 Å². The van der Waals surface area contributed by atoms with Gasteiger partial charge in [0.1, 0.15) is 0 Å². The van der Waals surface area contributed by atoms with Gasteiger partial charge in [-0.1, -0.05) is 12.8 Å². The molecule has 110 valence electrons. The fraction of sp³-hybridized carbons (Fsp3) is 0.643. The first-order valence-electron chi connectivity index (χ1n) is 7.07. The zero-order valence-corrected chi connectivity index (χ0v) is 11.7. The van der Waals surface area contributed by atoms with Gasteiger partial charge < -0.3 is 10.4 Å². The lowest BCUT2D eigenvalue weighted by atomic mass is 9.79. The first-order valence-corrected chi connectivity index (χ1v) is 7.07. The quantitative estimate of drug-likeness (QED) is 0.848. The molecule has 2 atom stereocenters. The van der Waals surface area contributed by atoms with Gasteiger partial charge in [-0.2, -0.15) is 5.10 Å². The van der Waals surface area contributed by atoms with Gasteiger partial charge in [0.15, 0.2) is 0 Å². The number of hydrogen-bond acceptors (Lipinski definition) is 3. The maximum Gasteiger partial charge on any atom is 0.307 e. The molecule has 0 spiro atoms. The molecular formula is C14H21N3O3. The molecule has 1 aromatic rings. The van der Waals surface area contributed by atoms with E-state index in [9.17, 15) is 9.59 Å². The van der Waals surface area contributed by atoms with Crippen LogP contribution < -0.4 is 5.32 Å². The second kappa shape index (κ2) is 6.54. The van der Waals surface area contributed by atoms with E-state index in [0.29, 0.717) is 25.9 Å². The standard InChI is InChI=1S/C14H21N3O3/c1-10-8-16-17(9-10)7-6-15-13(18)11-4-2-3-5-12(11)14(19)20/h8-9,11-12H,2-7H2,1H3,(H,15,18)(H,19,20). The van der Waals surface area contributed by atoms with E-state index in [4.69, 9.17) is 5.11 Å². The van der Waals surface area contributed by atoms with Crippen LogP contribution in [0.15, 0.2) is 12.4 Å². The van der Waals surface area contributed by atoms with Crippen LogP contribution in [0, 0.1) is 18.8 Å². The van der Waals surface area contributed by atoms with Crippen molar-refractivity contribution in [2.45, 2.75) is 39.2 Å². The molecule has 0 aliphatic heterocycles. The summed E-state index contributed by atoms with van der Waals surface area (Å²) >= 11 is 0. The lowest BCUT2D eigenvalue weighted by molar-refractivity contribution is -0.148. The summed E-state index contributed by atoms with van der Waals surface area (Å²) < 4.78 is 1.77. The van der Waals surface area contributed by atoms with Crippen LogP contribution in [0.5, 0.6) is 0 Å². The average Bonchev–Trinajstić information content (AvgIpc) is 2.84. The molecule has 1 fully saturated rings. The van der Waals surface area contributed by atoms with E-state index < -0.39 is 11.9 Å². The molecule has 0 bridgehead atoms. The van der Waals surface area contributed by atoms with Crippen LogP contribution in [-0.2, 0) is 16.1 Å². The molecule has 6 nitrogen and oxygen atoms in total. The van der Waals surface area contributed by atoms with Crippen LogP contribution in [-0.4, -0.2) is 33.3 Å². The minimum absolute atomic E-state index is 0.138. The number of nitrogens with zero attached hydrogens (tertiary/aromatic N) is 2. The van der Waals surface area contributed by atoms with Gasteiger partial charge in [0.05, 0.1) is 24.6 Å². The molecule has 20 heavy (non-hydrogen) atoms. The topological polar surface area (TPSA) is 84.2 Å². The predicted octanol–water partition coefficient (Wildman–Crippen LogP) is 1.20. The Morgan fingerprint density at radius 2 is 2.10 bits per heavy atom. The number of carboxylic acids is 1. The second-order valence-electron chi connectivity index (χ2n) is 5.41. The first-order chi connectivity index (χ1) is 9.58. The fourth-order valence-electron chi connectivity index (χ4n) is 2.75. The highest BCUT2D eigenvalue weighted by atomic mass is 16.4. The van der Waals surface area contributed by atoms with E-state index in [-0.39, 0.29) is 11.8 Å². The SMILES string of the molecule is Cc1cnn(CCNC(=O)C2CCCCC2C(=O)O)c1. The van der Waals surface area contributed by atoms with E-state index >= 15 is 0 Å². The summed E-state index contributed by atoms with van der Waals surface area (Å²) in [6, 6.07) is 0. The second-order valence-corrected chi connectivity index (χ2v) is 5.41. The molecule has 2 unspecified atom stereocenters. The van der Waals surface area contributed by atoms with E-state index in [1.54, 1.807) is 10.9 Å². The van der Waals surface area contributed by atoms with Crippen molar-refractivity contribution in [3.8, 4) is 0 Å². The van der Waals surface area contributed by atoms with Crippen molar-refractivity contribution in [2.75, 3.05) is 6.54 Å². The molecule has 1 heterocycles. The highest BCUT2D eigenvalue weighted by molar-refractivity contribution is 5.84. The summed E-state index contributed by atoms with van der Waals surface area (Å²) in [6.07, 6.45) is 6.78. The highest BCUT2D eigenvalue weighted by Crippen LogP contribution is 2.30. The average molecular weight is 279 g/mol. The van der Waals surface area contributed by atoms with Crippen molar-refractivity contribution < 1.29 is 14.7 Å². The van der Waals surface area contributed by atoms with Gasteiger partial charge >= 0.3 is 5.97 Å². The van der Waals surface area contributed by atoms with E-state index in [1.165, 1.54) is 0 Å². The third kappa shape index (κ3) is 3.59. The molecule has 0 aromatic carbocycles. The van der Waals surface area contributed by atoms with Crippen LogP contribution in [0.1, 0.15) is 31.2 Å². The van der Waals surface area contributed by atoms with E-state index in [2.05, 4.69) is 10.4 Å². The van der Waals surface area contributed by atoms with E-state index in [0.717, 1.165) is 18.4 Å². The number of aliphatic carboxylic acids is 1. The minimum atomic E-state index is -0.854. The molecule has 2 rings (SSSR count). The zero-order valence-electron chi connectivity index (χ0n) is 11.7. The minimum Gasteiger partial charge on any atom is -0.481 e. The third-order valence-electron chi connectivity index (χ3n) is 3.82. The zero-order chi connectivity index (χ0) is 14.5. The van der Waals surface area contributed by atoms with E-state index in [1.807, 2.05) is 13.1 Å². The molecular weight excluding hydrogens is 258 g/mol. The van der Waals surface area contributed by atoms with Crippen molar-refractivity contribution >= 4 is 11.9 Å². The molecule has 1 aromatic heterocycles. The number of aryl methyl sites for hydroxylation is 1. The predicted molar refractivity (Wildman–Crippen MR) is 73.1 cm³/mol. The summed E-state index contributed by atoms with van der Waals surface area (Å²) in [6.45, 7) is 3.04. The normalized spacial score (nSPS) is 22.4. The number of carbonyl (C=O) groups excluding carboxylic acids is 1. The Morgan fingerprint density at radius 3 is 2.70 bits per heavy atom. The van der Waals surface area contributed by atoms with Gasteiger partial charge in [-0.25, -0.2) is 0 Å². The Morgan fingerprint density at radius 1 is 1.40 bits per heavy atom. The molecule has 1 aliphatic rings. The summed E-state index contributed by atoms with van der Waals surface area (Å²) in [4.78, 5) is 23.3. The van der Waals surface area contributed by atoms with Crippen LogP contribution in [0.25, 0.3) is 0 Å². The van der Waals surface area contributed by atoms with Crippen LogP contribution in [0.3, 0.4) is 0 Å². The summed E-state index contributed by atoms with van der Waals surface area (Å²) in [5, 5.41) is 16.1. The van der Waals surface area contributed by atoms with Crippen LogP contribution in [0.2, 0.25) is 0 Å². The summed E-state index contributed by atoms with van der Waals surface area (Å²) in [7, 11) is 0. The van der Waals surface area contributed by atoms with Crippen molar-refractivity contribution in [1.29, 1.82) is 0 Å². The summed E-state index contributed by atoms with van der Waals surface area (Å²) in [5.41, 5.74) is 1.08. The van der Waals surface area contributed by atoms with Crippen LogP contribution in [0.4, 0.5) is 0 Å². The largest absolute Gasteiger partial charge is 0.481 e. The number of carboxylic acid groups (broad SMARTS) is 1. The Labute approximate surface area is 118 Å². The van der Waals surface area contributed by atoms with Crippen molar-refractivity contribution in [3.05, 3.63) is 18.0 Å². The van der Waals surface area contributed by atoms with Gasteiger partial charge in [0, 0.05) is 12.7 Å². The van der Waals surface area contributed by atoms with Gasteiger partial charge in [-0.15, -0.1) is 0 Å². The fourth-order valence-corrected chi connectivity index (χ4v) is 2.75. The number of nitrogens with one attached hydrogen (secondary N) is 1. The molecule has 6 heteroatoms. The monoisotopic (exact) mass is 279 g/mol. The van der Waals surface area contributed by atoms with Gasteiger partial charge in [-0.3, -0.25) is 14.3 Å². The number of rotatable bonds is 5. The van der Waals surface area contributed by atoms with Crippen LogP contribution >= 0.6 is 0 Å². The number of amides is 1. The lowest BCUT2D eigenvalue weighted by Gasteiger charge is -2.27. The molecule has 1 amide bonds. The summed E-state index contributed by atoms with van der Waals surface area (Å²) in [5.74, 6) is -1.91. The van der Waals surface area contributed by atoms with Crippen molar-refractivity contribution in [1.82, 2.24) is 15.1 Å². The third-order valence-corrected chi connectivity index (χ3v) is 3.82. The molecule has 0 saturated heterocycles. The van der Waals surface area contributed by atoms with Crippen molar-refractivity contribution in [2.24, 2.45) is 11.8 Å². The smallest absolute Gasteiger partial charge is 0.307 e. The van der Waals surface area contributed by atoms with Crippen molar-refractivity contribution in [3.63, 3.8) is 0 Å². The number of aromatic nitrogens is 2. The molecule has 2 N–H and O–H groups in total. The Hall–Kier alpha value is -1.85. The number of carbonyl (C=O) groups is 2. The molecule has 1 aliphatic carbocycles.